The highest BCUT2D eigenvalue weighted by Crippen LogP contribution is 2.27. The van der Waals surface area contributed by atoms with E-state index in [1.165, 1.54) is 19.3 Å². The van der Waals surface area contributed by atoms with Gasteiger partial charge >= 0.3 is 0 Å². The molecule has 0 aromatic rings. The maximum absolute atomic E-state index is 12.1. The lowest BCUT2D eigenvalue weighted by Gasteiger charge is -2.35. The summed E-state index contributed by atoms with van der Waals surface area (Å²) in [5, 5.41) is 12.3. The molecule has 1 unspecified atom stereocenters. The number of nitrogens with zero attached hydrogens (tertiary/aromatic N) is 1. The van der Waals surface area contributed by atoms with E-state index in [1.54, 1.807) is 0 Å². The van der Waals surface area contributed by atoms with Gasteiger partial charge in [0.05, 0.1) is 6.54 Å². The standard InChI is InChI=1S/C13H24N2O2/c16-8-6-12-3-1-2-7-15(12)13(17)10-14-9-11-4-5-11/h11-12,14,16H,1-10H2. The van der Waals surface area contributed by atoms with Gasteiger partial charge in [0.15, 0.2) is 0 Å². The Hall–Kier alpha value is -0.610. The zero-order chi connectivity index (χ0) is 12.1. The number of carbonyl (C=O) groups excluding carboxylic acids is 1. The van der Waals surface area contributed by atoms with E-state index in [9.17, 15) is 4.79 Å². The summed E-state index contributed by atoms with van der Waals surface area (Å²) >= 11 is 0. The number of hydrogen-bond donors (Lipinski definition) is 2. The number of aliphatic hydroxyl groups is 1. The van der Waals surface area contributed by atoms with Crippen LogP contribution in [0.15, 0.2) is 0 Å². The van der Waals surface area contributed by atoms with Crippen molar-refractivity contribution in [1.29, 1.82) is 0 Å². The Morgan fingerprint density at radius 2 is 2.12 bits per heavy atom. The van der Waals surface area contributed by atoms with Gasteiger partial charge in [0.2, 0.25) is 5.91 Å². The zero-order valence-corrected chi connectivity index (χ0v) is 10.5. The second kappa shape index (κ2) is 6.36. The lowest BCUT2D eigenvalue weighted by Crippen LogP contribution is -2.47. The van der Waals surface area contributed by atoms with Crippen molar-refractivity contribution < 1.29 is 9.90 Å². The summed E-state index contributed by atoms with van der Waals surface area (Å²) < 4.78 is 0. The van der Waals surface area contributed by atoms with Crippen LogP contribution in [-0.2, 0) is 4.79 Å². The molecule has 1 aliphatic heterocycles. The smallest absolute Gasteiger partial charge is 0.236 e. The fourth-order valence-corrected chi connectivity index (χ4v) is 2.58. The number of likely N-dealkylation sites (tertiary alicyclic amines) is 1. The van der Waals surface area contributed by atoms with Gasteiger partial charge in [-0.25, -0.2) is 0 Å². The molecule has 1 saturated heterocycles. The third-order valence-electron chi connectivity index (χ3n) is 3.82. The summed E-state index contributed by atoms with van der Waals surface area (Å²) in [6.07, 6.45) is 6.71. The molecule has 0 spiro atoms. The molecule has 1 saturated carbocycles. The third kappa shape index (κ3) is 3.96. The van der Waals surface area contributed by atoms with Crippen LogP contribution in [0.2, 0.25) is 0 Å². The third-order valence-corrected chi connectivity index (χ3v) is 3.82. The Bertz CT molecular complexity index is 252. The van der Waals surface area contributed by atoms with E-state index >= 15 is 0 Å². The molecule has 1 aliphatic carbocycles. The number of aliphatic hydroxyl groups excluding tert-OH is 1. The van der Waals surface area contributed by atoms with Crippen molar-refractivity contribution in [2.45, 2.75) is 44.6 Å². The van der Waals surface area contributed by atoms with Crippen LogP contribution in [0.1, 0.15) is 38.5 Å². The fraction of sp³-hybridized carbons (Fsp3) is 0.923. The molecular weight excluding hydrogens is 216 g/mol. The molecule has 2 aliphatic rings. The highest BCUT2D eigenvalue weighted by molar-refractivity contribution is 5.78. The Kier molecular flexibility index (Phi) is 4.80. The monoisotopic (exact) mass is 240 g/mol. The van der Waals surface area contributed by atoms with Crippen LogP contribution >= 0.6 is 0 Å². The first-order chi connectivity index (χ1) is 8.31. The first-order valence-corrected chi connectivity index (χ1v) is 6.92. The van der Waals surface area contributed by atoms with Crippen LogP contribution in [0.4, 0.5) is 0 Å². The topological polar surface area (TPSA) is 52.6 Å². The van der Waals surface area contributed by atoms with Crippen molar-refractivity contribution in [3.8, 4) is 0 Å². The first-order valence-electron chi connectivity index (χ1n) is 6.92. The minimum atomic E-state index is 0.184. The average molecular weight is 240 g/mol. The number of rotatable bonds is 6. The van der Waals surface area contributed by atoms with E-state index in [4.69, 9.17) is 5.11 Å². The summed E-state index contributed by atoms with van der Waals surface area (Å²) in [5.41, 5.74) is 0. The molecule has 1 amide bonds. The molecule has 1 heterocycles. The summed E-state index contributed by atoms with van der Waals surface area (Å²) in [7, 11) is 0. The molecule has 1 atom stereocenters. The summed E-state index contributed by atoms with van der Waals surface area (Å²) in [4.78, 5) is 14.0. The summed E-state index contributed by atoms with van der Waals surface area (Å²) in [6.45, 7) is 2.52. The lowest BCUT2D eigenvalue weighted by atomic mass is 9.99. The van der Waals surface area contributed by atoms with Crippen LogP contribution in [-0.4, -0.2) is 48.2 Å². The highest BCUT2D eigenvalue weighted by Gasteiger charge is 2.26. The lowest BCUT2D eigenvalue weighted by molar-refractivity contribution is -0.134. The van der Waals surface area contributed by atoms with Gasteiger partial charge in [-0.1, -0.05) is 0 Å². The number of amides is 1. The van der Waals surface area contributed by atoms with Gasteiger partial charge in [-0.2, -0.15) is 0 Å². The molecule has 2 rings (SSSR count). The molecule has 0 aromatic heterocycles. The Balaban J connectivity index is 1.73. The number of nitrogens with one attached hydrogen (secondary N) is 1. The van der Waals surface area contributed by atoms with E-state index in [0.29, 0.717) is 6.54 Å². The molecular formula is C13H24N2O2. The predicted octanol–water partition coefficient (Wildman–Crippen LogP) is 0.749. The molecule has 0 bridgehead atoms. The van der Waals surface area contributed by atoms with Crippen LogP contribution in [0.5, 0.6) is 0 Å². The second-order valence-corrected chi connectivity index (χ2v) is 5.32. The van der Waals surface area contributed by atoms with Gasteiger partial charge in [0.1, 0.15) is 0 Å². The van der Waals surface area contributed by atoms with Gasteiger partial charge in [-0.15, -0.1) is 0 Å². The van der Waals surface area contributed by atoms with Crippen LogP contribution < -0.4 is 5.32 Å². The van der Waals surface area contributed by atoms with E-state index < -0.39 is 0 Å². The maximum Gasteiger partial charge on any atom is 0.236 e. The molecule has 0 radical (unpaired) electrons. The molecule has 4 heteroatoms. The predicted molar refractivity (Wildman–Crippen MR) is 66.6 cm³/mol. The van der Waals surface area contributed by atoms with Gasteiger partial charge in [-0.3, -0.25) is 4.79 Å². The number of carbonyl (C=O) groups is 1. The van der Waals surface area contributed by atoms with Crippen molar-refractivity contribution >= 4 is 5.91 Å². The van der Waals surface area contributed by atoms with Crippen molar-refractivity contribution in [2.24, 2.45) is 5.92 Å². The molecule has 0 aromatic carbocycles. The van der Waals surface area contributed by atoms with E-state index in [1.807, 2.05) is 4.90 Å². The Morgan fingerprint density at radius 3 is 2.82 bits per heavy atom. The highest BCUT2D eigenvalue weighted by atomic mass is 16.3. The molecule has 2 N–H and O–H groups in total. The van der Waals surface area contributed by atoms with Crippen LogP contribution in [0, 0.1) is 5.92 Å². The second-order valence-electron chi connectivity index (χ2n) is 5.32. The molecule has 98 valence electrons. The minimum absolute atomic E-state index is 0.184. The zero-order valence-electron chi connectivity index (χ0n) is 10.5. The Labute approximate surface area is 103 Å². The molecule has 2 fully saturated rings. The summed E-state index contributed by atoms with van der Waals surface area (Å²) in [6, 6.07) is 0.268. The van der Waals surface area contributed by atoms with Crippen molar-refractivity contribution in [3.63, 3.8) is 0 Å². The van der Waals surface area contributed by atoms with Crippen molar-refractivity contribution in [1.82, 2.24) is 10.2 Å². The van der Waals surface area contributed by atoms with Gasteiger partial charge < -0.3 is 15.3 Å². The van der Waals surface area contributed by atoms with E-state index in [-0.39, 0.29) is 18.6 Å². The minimum Gasteiger partial charge on any atom is -0.396 e. The van der Waals surface area contributed by atoms with Gasteiger partial charge in [0, 0.05) is 19.2 Å². The number of piperidine rings is 1. The molecule has 4 nitrogen and oxygen atoms in total. The fourth-order valence-electron chi connectivity index (χ4n) is 2.58. The summed E-state index contributed by atoms with van der Waals surface area (Å²) in [5.74, 6) is 1.03. The van der Waals surface area contributed by atoms with Gasteiger partial charge in [-0.05, 0) is 51.0 Å². The van der Waals surface area contributed by atoms with E-state index in [2.05, 4.69) is 5.32 Å². The van der Waals surface area contributed by atoms with Crippen LogP contribution in [0.3, 0.4) is 0 Å². The average Bonchev–Trinajstić information content (AvgIpc) is 3.14. The normalized spacial score (nSPS) is 25.0. The SMILES string of the molecule is O=C(CNCC1CC1)N1CCCCC1CCO. The molecule has 17 heavy (non-hydrogen) atoms. The quantitative estimate of drug-likeness (QED) is 0.720. The largest absolute Gasteiger partial charge is 0.396 e. The van der Waals surface area contributed by atoms with Crippen molar-refractivity contribution in [3.05, 3.63) is 0 Å². The van der Waals surface area contributed by atoms with E-state index in [0.717, 1.165) is 38.3 Å². The first kappa shape index (κ1) is 12.8. The van der Waals surface area contributed by atoms with Gasteiger partial charge in [0.25, 0.3) is 0 Å². The van der Waals surface area contributed by atoms with Crippen LogP contribution in [0.25, 0.3) is 0 Å². The Morgan fingerprint density at radius 1 is 1.29 bits per heavy atom. The maximum atomic E-state index is 12.1. The number of hydrogen-bond acceptors (Lipinski definition) is 3. The van der Waals surface area contributed by atoms with Crippen molar-refractivity contribution in [2.75, 3.05) is 26.2 Å².